The first-order valence-electron chi connectivity index (χ1n) is 6.95. The van der Waals surface area contributed by atoms with Crippen molar-refractivity contribution in [2.45, 2.75) is 11.3 Å². The minimum Gasteiger partial charge on any atom is -0.406 e. The molecule has 3 aromatic rings. The van der Waals surface area contributed by atoms with Crippen LogP contribution >= 0.6 is 0 Å². The van der Waals surface area contributed by atoms with Gasteiger partial charge < -0.3 is 4.74 Å². The van der Waals surface area contributed by atoms with Crippen molar-refractivity contribution in [1.82, 2.24) is 20.2 Å². The Morgan fingerprint density at radius 2 is 1.81 bits per heavy atom. The Morgan fingerprint density at radius 3 is 2.42 bits per heavy atom. The highest BCUT2D eigenvalue weighted by Crippen LogP contribution is 2.25. The fourth-order valence-electron chi connectivity index (χ4n) is 2.03. The van der Waals surface area contributed by atoms with E-state index in [0.717, 1.165) is 24.3 Å². The van der Waals surface area contributed by atoms with Gasteiger partial charge in [-0.3, -0.25) is 4.72 Å². The molecule has 1 N–H and O–H groups in total. The smallest absolute Gasteiger partial charge is 0.406 e. The third kappa shape index (κ3) is 4.27. The molecule has 8 nitrogen and oxygen atoms in total. The molecule has 0 unspecified atom stereocenters. The average Bonchev–Trinajstić information content (AvgIpc) is 3.08. The number of aromatic nitrogens is 4. The maximum atomic E-state index is 12.4. The molecule has 0 saturated heterocycles. The number of benzene rings is 2. The molecular weight excluding hydrogens is 375 g/mol. The molecule has 0 spiro atoms. The van der Waals surface area contributed by atoms with E-state index in [1.807, 2.05) is 0 Å². The van der Waals surface area contributed by atoms with Crippen LogP contribution in [0.3, 0.4) is 0 Å². The lowest BCUT2D eigenvalue weighted by Gasteiger charge is -2.11. The van der Waals surface area contributed by atoms with Gasteiger partial charge in [0.15, 0.2) is 0 Å². The van der Waals surface area contributed by atoms with Gasteiger partial charge in [0.25, 0.3) is 10.0 Å². The van der Waals surface area contributed by atoms with Gasteiger partial charge in [-0.15, -0.1) is 18.3 Å². The summed E-state index contributed by atoms with van der Waals surface area (Å²) in [6.07, 6.45) is -3.51. The van der Waals surface area contributed by atoms with Gasteiger partial charge in [-0.1, -0.05) is 6.07 Å². The van der Waals surface area contributed by atoms with Gasteiger partial charge in [-0.2, -0.15) is 0 Å². The number of hydrogen-bond acceptors (Lipinski definition) is 6. The second-order valence-corrected chi connectivity index (χ2v) is 6.61. The first-order valence-corrected chi connectivity index (χ1v) is 8.43. The van der Waals surface area contributed by atoms with Gasteiger partial charge >= 0.3 is 6.36 Å². The van der Waals surface area contributed by atoms with Crippen molar-refractivity contribution in [2.24, 2.45) is 0 Å². The predicted molar refractivity (Wildman–Crippen MR) is 83.1 cm³/mol. The maximum Gasteiger partial charge on any atom is 0.573 e. The summed E-state index contributed by atoms with van der Waals surface area (Å²) in [6.45, 7) is 0. The number of nitrogens with zero attached hydrogens (tertiary/aromatic N) is 4. The van der Waals surface area contributed by atoms with Crippen molar-refractivity contribution in [3.05, 3.63) is 54.9 Å². The Hall–Kier alpha value is -3.15. The molecule has 0 saturated carbocycles. The van der Waals surface area contributed by atoms with E-state index in [2.05, 4.69) is 25.0 Å². The van der Waals surface area contributed by atoms with Crippen LogP contribution in [0.2, 0.25) is 0 Å². The lowest BCUT2D eigenvalue weighted by atomic mass is 10.3. The summed E-state index contributed by atoms with van der Waals surface area (Å²) >= 11 is 0. The van der Waals surface area contributed by atoms with E-state index >= 15 is 0 Å². The Balaban J connectivity index is 1.80. The molecule has 0 aliphatic heterocycles. The molecule has 1 heterocycles. The van der Waals surface area contributed by atoms with Gasteiger partial charge in [0.2, 0.25) is 0 Å². The summed E-state index contributed by atoms with van der Waals surface area (Å²) in [6, 6.07) is 10.1. The van der Waals surface area contributed by atoms with Crippen molar-refractivity contribution in [3.63, 3.8) is 0 Å². The van der Waals surface area contributed by atoms with E-state index in [0.29, 0.717) is 5.69 Å². The molecule has 0 aliphatic rings. The average molecular weight is 385 g/mol. The predicted octanol–water partition coefficient (Wildman–Crippen LogP) is 2.36. The SMILES string of the molecule is O=S(=O)(Nc1cccc(-n2cnnn2)c1)c1ccc(OC(F)(F)F)cc1. The molecule has 0 radical (unpaired) electrons. The lowest BCUT2D eigenvalue weighted by Crippen LogP contribution is -2.17. The highest BCUT2D eigenvalue weighted by atomic mass is 32.2. The van der Waals surface area contributed by atoms with Crippen molar-refractivity contribution in [3.8, 4) is 11.4 Å². The summed E-state index contributed by atoms with van der Waals surface area (Å²) in [4.78, 5) is -0.222. The molecule has 1 aromatic heterocycles. The minimum absolute atomic E-state index is 0.222. The Labute approximate surface area is 145 Å². The molecule has 0 fully saturated rings. The van der Waals surface area contributed by atoms with E-state index in [1.54, 1.807) is 12.1 Å². The third-order valence-electron chi connectivity index (χ3n) is 3.08. The van der Waals surface area contributed by atoms with E-state index < -0.39 is 22.1 Å². The molecule has 2 aromatic carbocycles. The molecule has 3 rings (SSSR count). The summed E-state index contributed by atoms with van der Waals surface area (Å²) < 4.78 is 68.6. The molecule has 0 amide bonds. The Morgan fingerprint density at radius 1 is 1.08 bits per heavy atom. The molecular formula is C14H10F3N5O3S. The summed E-state index contributed by atoms with van der Waals surface area (Å²) in [7, 11) is -4.01. The quantitative estimate of drug-likeness (QED) is 0.724. The Kier molecular flexibility index (Phi) is 4.50. The van der Waals surface area contributed by atoms with E-state index in [1.165, 1.54) is 23.1 Å². The summed E-state index contributed by atoms with van der Waals surface area (Å²) in [5.41, 5.74) is 0.748. The molecule has 0 bridgehead atoms. The standard InChI is InChI=1S/C14H10F3N5O3S/c15-14(16,17)25-12-4-6-13(7-5-12)26(23,24)19-10-2-1-3-11(8-10)22-9-18-20-21-22/h1-9,19H. The first kappa shape index (κ1) is 17.7. The number of nitrogens with one attached hydrogen (secondary N) is 1. The number of ether oxygens (including phenoxy) is 1. The lowest BCUT2D eigenvalue weighted by molar-refractivity contribution is -0.274. The number of halogens is 3. The second-order valence-electron chi connectivity index (χ2n) is 4.93. The molecule has 0 aliphatic carbocycles. The fraction of sp³-hybridized carbons (Fsp3) is 0.0714. The number of anilines is 1. The van der Waals surface area contributed by atoms with Crippen LogP contribution < -0.4 is 9.46 Å². The molecule has 0 atom stereocenters. The van der Waals surface area contributed by atoms with Gasteiger partial charge in [0.1, 0.15) is 12.1 Å². The zero-order chi connectivity index (χ0) is 18.8. The number of sulfonamides is 1. The minimum atomic E-state index is -4.85. The van der Waals surface area contributed by atoms with Gasteiger partial charge in [-0.05, 0) is 52.9 Å². The van der Waals surface area contributed by atoms with Crippen LogP contribution in [-0.2, 0) is 10.0 Å². The number of tetrazole rings is 1. The van der Waals surface area contributed by atoms with Crippen LogP contribution in [0.4, 0.5) is 18.9 Å². The van der Waals surface area contributed by atoms with E-state index in [9.17, 15) is 21.6 Å². The number of alkyl halides is 3. The molecule has 26 heavy (non-hydrogen) atoms. The van der Waals surface area contributed by atoms with E-state index in [-0.39, 0.29) is 10.6 Å². The highest BCUT2D eigenvalue weighted by Gasteiger charge is 2.31. The first-order chi connectivity index (χ1) is 12.2. The van der Waals surface area contributed by atoms with E-state index in [4.69, 9.17) is 0 Å². The second kappa shape index (κ2) is 6.63. The van der Waals surface area contributed by atoms with Crippen molar-refractivity contribution in [2.75, 3.05) is 4.72 Å². The number of rotatable bonds is 5. The third-order valence-corrected chi connectivity index (χ3v) is 4.48. The fourth-order valence-corrected chi connectivity index (χ4v) is 3.08. The zero-order valence-corrected chi connectivity index (χ0v) is 13.6. The van der Waals surface area contributed by atoms with Crippen molar-refractivity contribution < 1.29 is 26.3 Å². The van der Waals surface area contributed by atoms with Crippen LogP contribution in [0, 0.1) is 0 Å². The largest absolute Gasteiger partial charge is 0.573 e. The van der Waals surface area contributed by atoms with Crippen LogP contribution in [0.1, 0.15) is 0 Å². The monoisotopic (exact) mass is 385 g/mol. The van der Waals surface area contributed by atoms with Crippen molar-refractivity contribution >= 4 is 15.7 Å². The highest BCUT2D eigenvalue weighted by molar-refractivity contribution is 7.92. The van der Waals surface area contributed by atoms with Crippen LogP contribution in [-0.4, -0.2) is 35.0 Å². The molecule has 136 valence electrons. The van der Waals surface area contributed by atoms with Crippen LogP contribution in [0.25, 0.3) is 5.69 Å². The summed E-state index contributed by atoms with van der Waals surface area (Å²) in [5, 5.41) is 10.7. The summed E-state index contributed by atoms with van der Waals surface area (Å²) in [5.74, 6) is -0.517. The van der Waals surface area contributed by atoms with Crippen LogP contribution in [0.5, 0.6) is 5.75 Å². The molecule has 12 heteroatoms. The normalized spacial score (nSPS) is 12.0. The number of hydrogen-bond donors (Lipinski definition) is 1. The topological polar surface area (TPSA) is 99.0 Å². The zero-order valence-electron chi connectivity index (χ0n) is 12.8. The van der Waals surface area contributed by atoms with Crippen LogP contribution in [0.15, 0.2) is 59.8 Å². The van der Waals surface area contributed by atoms with Crippen molar-refractivity contribution in [1.29, 1.82) is 0 Å². The van der Waals surface area contributed by atoms with Gasteiger partial charge in [0, 0.05) is 0 Å². The van der Waals surface area contributed by atoms with Gasteiger partial charge in [0.05, 0.1) is 16.3 Å². The Bertz CT molecular complexity index is 989. The maximum absolute atomic E-state index is 12.4. The van der Waals surface area contributed by atoms with Gasteiger partial charge in [-0.25, -0.2) is 13.1 Å².